The van der Waals surface area contributed by atoms with Crippen molar-refractivity contribution < 1.29 is 9.53 Å². The van der Waals surface area contributed by atoms with E-state index in [0.717, 1.165) is 34.6 Å². The molecule has 6 rings (SSSR count). The second-order valence-electron chi connectivity index (χ2n) is 9.80. The van der Waals surface area contributed by atoms with Gasteiger partial charge >= 0.3 is 0 Å². The van der Waals surface area contributed by atoms with Crippen LogP contribution in [0.25, 0.3) is 4.85 Å². The van der Waals surface area contributed by atoms with Crippen molar-refractivity contribution in [3.05, 3.63) is 94.7 Å². The van der Waals surface area contributed by atoms with E-state index in [0.29, 0.717) is 60.8 Å². The van der Waals surface area contributed by atoms with E-state index in [1.807, 2.05) is 59.6 Å². The number of hydrogen-bond acceptors (Lipinski definition) is 8. The Labute approximate surface area is 242 Å². The number of hydrogen-bond donors (Lipinski definition) is 2. The first-order valence-corrected chi connectivity index (χ1v) is 13.7. The molecule has 0 aliphatic carbocycles. The SMILES string of the molecule is [C-]#[N+]c1ccccc1N1CCN(C(=O)COc2ccc3cc2CCc2cncc(c2)Nc2ncc(Cl)c(n2)N3)CC1. The lowest BCUT2D eigenvalue weighted by Gasteiger charge is -2.36. The molecule has 6 bridgehead atoms. The molecule has 1 saturated heterocycles. The van der Waals surface area contributed by atoms with Gasteiger partial charge in [0.15, 0.2) is 12.4 Å². The molecule has 1 fully saturated rings. The minimum absolute atomic E-state index is 0.0551. The summed E-state index contributed by atoms with van der Waals surface area (Å²) in [6.45, 7) is 9.85. The molecule has 0 saturated carbocycles. The number of carbonyl (C=O) groups is 1. The first-order chi connectivity index (χ1) is 20.1. The maximum Gasteiger partial charge on any atom is 0.260 e. The second kappa shape index (κ2) is 11.7. The van der Waals surface area contributed by atoms with Crippen molar-refractivity contribution in [2.24, 2.45) is 0 Å². The van der Waals surface area contributed by atoms with Gasteiger partial charge in [-0.2, -0.15) is 4.98 Å². The number of fused-ring (bicyclic) bond motifs is 6. The maximum absolute atomic E-state index is 13.1. The number of nitrogens with zero attached hydrogens (tertiary/aromatic N) is 6. The van der Waals surface area contributed by atoms with Crippen LogP contribution in [0.4, 0.5) is 34.5 Å². The number of para-hydroxylation sites is 2. The predicted octanol–water partition coefficient (Wildman–Crippen LogP) is 5.39. The highest BCUT2D eigenvalue weighted by atomic mass is 35.5. The number of ether oxygens (including phenoxy) is 1. The van der Waals surface area contributed by atoms with Crippen LogP contribution >= 0.6 is 11.6 Å². The van der Waals surface area contributed by atoms with Gasteiger partial charge in [-0.05, 0) is 54.3 Å². The van der Waals surface area contributed by atoms with Gasteiger partial charge in [0.25, 0.3) is 5.91 Å². The van der Waals surface area contributed by atoms with E-state index in [4.69, 9.17) is 22.9 Å². The van der Waals surface area contributed by atoms with Gasteiger partial charge < -0.3 is 25.2 Å². The fourth-order valence-electron chi connectivity index (χ4n) is 5.00. The molecule has 0 atom stereocenters. The Morgan fingerprint density at radius 2 is 1.85 bits per heavy atom. The number of anilines is 5. The lowest BCUT2D eigenvalue weighted by molar-refractivity contribution is -0.133. The molecule has 0 unspecified atom stereocenters. The molecule has 41 heavy (non-hydrogen) atoms. The number of rotatable bonds is 4. The van der Waals surface area contributed by atoms with Gasteiger partial charge in [0.2, 0.25) is 11.6 Å². The van der Waals surface area contributed by atoms with E-state index < -0.39 is 0 Å². The number of halogens is 1. The third kappa shape index (κ3) is 6.00. The Hall–Kier alpha value is -4.88. The molecular weight excluding hydrogens is 540 g/mol. The van der Waals surface area contributed by atoms with Crippen LogP contribution < -0.4 is 20.3 Å². The van der Waals surface area contributed by atoms with Gasteiger partial charge in [0, 0.05) is 43.8 Å². The zero-order valence-electron chi connectivity index (χ0n) is 22.2. The fourth-order valence-corrected chi connectivity index (χ4v) is 5.14. The normalized spacial score (nSPS) is 14.3. The van der Waals surface area contributed by atoms with E-state index >= 15 is 0 Å². The number of aromatic nitrogens is 3. The van der Waals surface area contributed by atoms with E-state index in [2.05, 4.69) is 35.3 Å². The van der Waals surface area contributed by atoms with Gasteiger partial charge in [0.05, 0.1) is 24.7 Å². The topological polar surface area (TPSA) is 99.9 Å². The van der Waals surface area contributed by atoms with Crippen molar-refractivity contribution in [3.8, 4) is 5.75 Å². The third-order valence-electron chi connectivity index (χ3n) is 7.13. The van der Waals surface area contributed by atoms with Crippen LogP contribution in [0, 0.1) is 6.57 Å². The Balaban J connectivity index is 1.16. The fraction of sp³-hybridized carbons (Fsp3) is 0.233. The number of amides is 1. The summed E-state index contributed by atoms with van der Waals surface area (Å²) in [5.74, 6) is 1.47. The summed E-state index contributed by atoms with van der Waals surface area (Å²) in [5.41, 5.74) is 5.11. The summed E-state index contributed by atoms with van der Waals surface area (Å²) >= 11 is 6.37. The molecule has 1 amide bonds. The largest absolute Gasteiger partial charge is 0.483 e. The monoisotopic (exact) mass is 566 g/mol. The first-order valence-electron chi connectivity index (χ1n) is 13.3. The zero-order chi connectivity index (χ0) is 28.2. The summed E-state index contributed by atoms with van der Waals surface area (Å²) in [5, 5.41) is 6.85. The molecule has 2 aromatic heterocycles. The second-order valence-corrected chi connectivity index (χ2v) is 10.2. The average molecular weight is 567 g/mol. The highest BCUT2D eigenvalue weighted by Crippen LogP contribution is 2.31. The number of piperazine rings is 1. The standard InChI is InChI=1S/C30H27ClN8O2/c1-32-25-4-2-3-5-26(25)38-10-12-39(13-11-38)28(40)19-41-27-9-8-22-15-21(27)7-6-20-14-23(17-33-16-20)36-30-34-18-24(31)29(35-22)37-30/h2-5,8-9,14-18H,6-7,10-13,19H2,(H2,34,35,36,37). The Morgan fingerprint density at radius 3 is 2.71 bits per heavy atom. The van der Waals surface area contributed by atoms with Crippen LogP contribution in [0.1, 0.15) is 11.1 Å². The Bertz CT molecular complexity index is 1630. The lowest BCUT2D eigenvalue weighted by atomic mass is 10.0. The smallest absolute Gasteiger partial charge is 0.260 e. The highest BCUT2D eigenvalue weighted by molar-refractivity contribution is 6.32. The molecule has 4 aromatic rings. The molecule has 2 aliphatic heterocycles. The molecule has 2 N–H and O–H groups in total. The van der Waals surface area contributed by atoms with Gasteiger partial charge in [-0.15, -0.1) is 0 Å². The summed E-state index contributed by atoms with van der Waals surface area (Å²) < 4.78 is 6.10. The molecule has 206 valence electrons. The summed E-state index contributed by atoms with van der Waals surface area (Å²) in [4.78, 5) is 33.8. The number of pyridine rings is 1. The first kappa shape index (κ1) is 26.3. The zero-order valence-corrected chi connectivity index (χ0v) is 22.9. The maximum atomic E-state index is 13.1. The molecule has 2 aromatic carbocycles. The third-order valence-corrected chi connectivity index (χ3v) is 7.40. The lowest BCUT2D eigenvalue weighted by Crippen LogP contribution is -2.50. The average Bonchev–Trinajstić information content (AvgIpc) is 3.01. The summed E-state index contributed by atoms with van der Waals surface area (Å²) in [7, 11) is 0. The molecule has 11 heteroatoms. The minimum atomic E-state index is -0.0644. The van der Waals surface area contributed by atoms with Crippen LogP contribution in [0.5, 0.6) is 5.75 Å². The van der Waals surface area contributed by atoms with Crippen LogP contribution in [0.3, 0.4) is 0 Å². The van der Waals surface area contributed by atoms with Crippen LogP contribution in [-0.4, -0.2) is 58.5 Å². The van der Waals surface area contributed by atoms with Crippen molar-refractivity contribution in [1.29, 1.82) is 0 Å². The van der Waals surface area contributed by atoms with Gasteiger partial charge in [0.1, 0.15) is 10.8 Å². The van der Waals surface area contributed by atoms with Crippen molar-refractivity contribution in [1.82, 2.24) is 19.9 Å². The van der Waals surface area contributed by atoms with Crippen molar-refractivity contribution in [2.75, 3.05) is 48.3 Å². The quantitative estimate of drug-likeness (QED) is 0.317. The van der Waals surface area contributed by atoms with E-state index in [1.54, 1.807) is 12.4 Å². The Kier molecular flexibility index (Phi) is 7.52. The summed E-state index contributed by atoms with van der Waals surface area (Å²) in [6.07, 6.45) is 6.51. The van der Waals surface area contributed by atoms with Crippen LogP contribution in [0.2, 0.25) is 5.02 Å². The minimum Gasteiger partial charge on any atom is -0.483 e. The van der Waals surface area contributed by atoms with E-state index in [-0.39, 0.29) is 12.5 Å². The van der Waals surface area contributed by atoms with Gasteiger partial charge in [-0.1, -0.05) is 29.8 Å². The molecule has 4 heterocycles. The number of nitrogens with one attached hydrogen (secondary N) is 2. The number of carbonyl (C=O) groups excluding carboxylic acids is 1. The Morgan fingerprint density at radius 1 is 1.00 bits per heavy atom. The van der Waals surface area contributed by atoms with Crippen LogP contribution in [-0.2, 0) is 17.6 Å². The van der Waals surface area contributed by atoms with E-state index in [9.17, 15) is 4.79 Å². The highest BCUT2D eigenvalue weighted by Gasteiger charge is 2.23. The molecular formula is C30H27ClN8O2. The summed E-state index contributed by atoms with van der Waals surface area (Å²) in [6, 6.07) is 15.3. The molecule has 0 spiro atoms. The van der Waals surface area contributed by atoms with E-state index in [1.165, 1.54) is 0 Å². The number of aryl methyl sites for hydroxylation is 2. The van der Waals surface area contributed by atoms with Gasteiger partial charge in [-0.3, -0.25) is 9.78 Å². The van der Waals surface area contributed by atoms with Crippen molar-refractivity contribution >= 4 is 52.0 Å². The van der Waals surface area contributed by atoms with Crippen molar-refractivity contribution in [2.45, 2.75) is 12.8 Å². The number of benzene rings is 2. The van der Waals surface area contributed by atoms with Crippen LogP contribution in [0.15, 0.2) is 67.1 Å². The molecule has 0 radical (unpaired) electrons. The molecule has 10 nitrogen and oxygen atoms in total. The van der Waals surface area contributed by atoms with Gasteiger partial charge in [-0.25, -0.2) is 9.83 Å². The predicted molar refractivity (Wildman–Crippen MR) is 159 cm³/mol. The molecule has 2 aliphatic rings. The van der Waals surface area contributed by atoms with Crippen molar-refractivity contribution in [3.63, 3.8) is 0 Å².